The Morgan fingerprint density at radius 2 is 2.30 bits per heavy atom. The van der Waals surface area contributed by atoms with Crippen LogP contribution >= 0.6 is 11.8 Å². The summed E-state index contributed by atoms with van der Waals surface area (Å²) < 4.78 is 12.5. The van der Waals surface area contributed by atoms with Crippen LogP contribution in [0.2, 0.25) is 0 Å². The lowest BCUT2D eigenvalue weighted by Crippen LogP contribution is -2.46. The molecule has 1 aliphatic rings. The number of furan rings is 1. The normalized spacial score (nSPS) is 17.0. The Morgan fingerprint density at radius 3 is 2.96 bits per heavy atom. The van der Waals surface area contributed by atoms with Crippen LogP contribution in [0.25, 0.3) is 0 Å². The number of nitrogens with zero attached hydrogens (tertiary/aromatic N) is 3. The van der Waals surface area contributed by atoms with Crippen LogP contribution in [0.15, 0.2) is 45.6 Å². The summed E-state index contributed by atoms with van der Waals surface area (Å²) >= 11 is 1.38. The molecule has 0 spiro atoms. The summed E-state index contributed by atoms with van der Waals surface area (Å²) in [6, 6.07) is 2.47. The van der Waals surface area contributed by atoms with Gasteiger partial charge in [0.15, 0.2) is 5.16 Å². The van der Waals surface area contributed by atoms with Gasteiger partial charge in [0, 0.05) is 17.5 Å². The van der Waals surface area contributed by atoms with E-state index in [2.05, 4.69) is 20.8 Å². The molecule has 0 bridgehead atoms. The number of amides is 2. The van der Waals surface area contributed by atoms with Crippen LogP contribution in [0.4, 0.5) is 4.79 Å². The first-order valence-corrected chi connectivity index (χ1v) is 9.53. The number of hydrogen-bond donors (Lipinski definition) is 2. The molecule has 0 aliphatic carbocycles. The fourth-order valence-corrected chi connectivity index (χ4v) is 3.69. The highest BCUT2D eigenvalue weighted by molar-refractivity contribution is 7.99. The first-order chi connectivity index (χ1) is 13.0. The summed E-state index contributed by atoms with van der Waals surface area (Å²) in [6.45, 7) is 6.00. The molecule has 0 fully saturated rings. The first-order valence-electron chi connectivity index (χ1n) is 8.54. The molecule has 1 aliphatic heterocycles. The molecule has 9 nitrogen and oxygen atoms in total. The first kappa shape index (κ1) is 19.0. The van der Waals surface area contributed by atoms with Gasteiger partial charge in [-0.1, -0.05) is 11.8 Å². The van der Waals surface area contributed by atoms with Gasteiger partial charge in [-0.15, -0.1) is 10.2 Å². The van der Waals surface area contributed by atoms with Crippen LogP contribution < -0.4 is 10.6 Å². The van der Waals surface area contributed by atoms with E-state index in [0.717, 1.165) is 0 Å². The number of rotatable bonds is 7. The van der Waals surface area contributed by atoms with E-state index in [1.54, 1.807) is 25.4 Å². The van der Waals surface area contributed by atoms with Gasteiger partial charge in [-0.3, -0.25) is 0 Å². The van der Waals surface area contributed by atoms with Gasteiger partial charge in [-0.2, -0.15) is 0 Å². The molecule has 3 rings (SSSR count). The van der Waals surface area contributed by atoms with Crippen LogP contribution in [-0.2, 0) is 9.53 Å². The third-order valence-electron chi connectivity index (χ3n) is 3.92. The smallest absolute Gasteiger partial charge is 0.338 e. The van der Waals surface area contributed by atoms with Gasteiger partial charge in [-0.25, -0.2) is 9.59 Å². The van der Waals surface area contributed by atoms with Crippen LogP contribution in [-0.4, -0.2) is 39.1 Å². The second kappa shape index (κ2) is 8.30. The number of thioether (sulfide) groups is 1. The minimum Gasteiger partial charge on any atom is -0.467 e. The van der Waals surface area contributed by atoms with E-state index in [0.29, 0.717) is 27.9 Å². The number of aromatic nitrogens is 3. The van der Waals surface area contributed by atoms with Crippen molar-refractivity contribution in [2.75, 3.05) is 12.4 Å². The van der Waals surface area contributed by atoms with Crippen LogP contribution in [0.5, 0.6) is 0 Å². The largest absolute Gasteiger partial charge is 0.467 e. The second-order valence-electron chi connectivity index (χ2n) is 6.06. The standard InChI is InChI=1S/C17H21N5O4S/c1-4-25-15(23)13-11(8-27-17-21-18-9-22(17)10(2)3)19-16(24)20-14(13)12-6-5-7-26-12/h5-7,9-10,14H,4,8H2,1-3H3,(H2,19,20,24). The summed E-state index contributed by atoms with van der Waals surface area (Å²) in [6.07, 6.45) is 3.14. The fourth-order valence-electron chi connectivity index (χ4n) is 2.68. The lowest BCUT2D eigenvalue weighted by Gasteiger charge is -2.27. The summed E-state index contributed by atoms with van der Waals surface area (Å²) in [5.41, 5.74) is 0.774. The molecule has 2 aromatic heterocycles. The lowest BCUT2D eigenvalue weighted by molar-refractivity contribution is -0.139. The maximum absolute atomic E-state index is 12.6. The van der Waals surface area contributed by atoms with E-state index in [-0.39, 0.29) is 12.6 Å². The van der Waals surface area contributed by atoms with Crippen molar-refractivity contribution in [3.05, 3.63) is 41.8 Å². The van der Waals surface area contributed by atoms with Crippen LogP contribution in [0.1, 0.15) is 38.6 Å². The predicted octanol–water partition coefficient (Wildman–Crippen LogP) is 2.42. The van der Waals surface area contributed by atoms with E-state index >= 15 is 0 Å². The van der Waals surface area contributed by atoms with Crippen molar-refractivity contribution in [1.82, 2.24) is 25.4 Å². The van der Waals surface area contributed by atoms with Gasteiger partial charge >= 0.3 is 12.0 Å². The maximum Gasteiger partial charge on any atom is 0.338 e. The molecule has 0 saturated heterocycles. The predicted molar refractivity (Wildman–Crippen MR) is 97.9 cm³/mol. The molecule has 10 heteroatoms. The average Bonchev–Trinajstić information content (AvgIpc) is 3.31. The van der Waals surface area contributed by atoms with Gasteiger partial charge < -0.3 is 24.4 Å². The minimum atomic E-state index is -0.716. The topological polar surface area (TPSA) is 111 Å². The summed E-state index contributed by atoms with van der Waals surface area (Å²) in [5, 5.41) is 14.2. The van der Waals surface area contributed by atoms with Crippen molar-refractivity contribution >= 4 is 23.8 Å². The fraction of sp³-hybridized carbons (Fsp3) is 0.412. The third kappa shape index (κ3) is 4.16. The molecule has 3 heterocycles. The molecule has 144 valence electrons. The van der Waals surface area contributed by atoms with Crippen molar-refractivity contribution in [2.24, 2.45) is 0 Å². The molecule has 27 heavy (non-hydrogen) atoms. The molecular formula is C17H21N5O4S. The third-order valence-corrected chi connectivity index (χ3v) is 4.90. The highest BCUT2D eigenvalue weighted by Gasteiger charge is 2.35. The maximum atomic E-state index is 12.6. The Balaban J connectivity index is 1.93. The Hall–Kier alpha value is -2.75. The van der Waals surface area contributed by atoms with Crippen LogP contribution in [0, 0.1) is 0 Å². The SMILES string of the molecule is CCOC(=O)C1=C(CSc2nncn2C(C)C)NC(=O)NC1c1ccco1. The van der Waals surface area contributed by atoms with Gasteiger partial charge in [0.2, 0.25) is 0 Å². The van der Waals surface area contributed by atoms with Gasteiger partial charge in [0.25, 0.3) is 0 Å². The molecule has 0 saturated carbocycles. The number of urea groups is 1. The second-order valence-corrected chi connectivity index (χ2v) is 7.01. The number of hydrogen-bond acceptors (Lipinski definition) is 7. The van der Waals surface area contributed by atoms with Crippen molar-refractivity contribution in [2.45, 2.75) is 38.0 Å². The zero-order valence-corrected chi connectivity index (χ0v) is 16.1. The Kier molecular flexibility index (Phi) is 5.84. The highest BCUT2D eigenvalue weighted by atomic mass is 32.2. The Labute approximate surface area is 160 Å². The van der Waals surface area contributed by atoms with Crippen molar-refractivity contribution < 1.29 is 18.7 Å². The van der Waals surface area contributed by atoms with E-state index in [1.165, 1.54) is 18.0 Å². The van der Waals surface area contributed by atoms with Crippen molar-refractivity contribution in [3.63, 3.8) is 0 Å². The monoisotopic (exact) mass is 391 g/mol. The van der Waals surface area contributed by atoms with Crippen molar-refractivity contribution in [3.8, 4) is 0 Å². The Morgan fingerprint density at radius 1 is 1.48 bits per heavy atom. The molecule has 0 radical (unpaired) electrons. The van der Waals surface area contributed by atoms with Gasteiger partial charge in [-0.05, 0) is 32.9 Å². The molecule has 2 amide bonds. The van der Waals surface area contributed by atoms with Gasteiger partial charge in [0.05, 0.1) is 18.4 Å². The Bertz CT molecular complexity index is 843. The van der Waals surface area contributed by atoms with E-state index in [9.17, 15) is 9.59 Å². The zero-order valence-electron chi connectivity index (χ0n) is 15.3. The lowest BCUT2D eigenvalue weighted by atomic mass is 10.0. The average molecular weight is 391 g/mol. The van der Waals surface area contributed by atoms with E-state index < -0.39 is 18.0 Å². The number of carbonyl (C=O) groups is 2. The highest BCUT2D eigenvalue weighted by Crippen LogP contribution is 2.30. The molecule has 2 aromatic rings. The van der Waals surface area contributed by atoms with E-state index in [1.807, 2.05) is 18.4 Å². The van der Waals surface area contributed by atoms with Gasteiger partial charge in [0.1, 0.15) is 18.1 Å². The number of ether oxygens (including phenoxy) is 1. The van der Waals surface area contributed by atoms with E-state index in [4.69, 9.17) is 9.15 Å². The summed E-state index contributed by atoms with van der Waals surface area (Å²) in [5.74, 6) is 0.276. The number of carbonyl (C=O) groups excluding carboxylic acids is 2. The number of esters is 1. The minimum absolute atomic E-state index is 0.194. The zero-order chi connectivity index (χ0) is 19.4. The summed E-state index contributed by atoms with van der Waals surface area (Å²) in [7, 11) is 0. The molecule has 0 aromatic carbocycles. The molecule has 1 unspecified atom stereocenters. The summed E-state index contributed by atoms with van der Waals surface area (Å²) in [4.78, 5) is 24.8. The van der Waals surface area contributed by atoms with Crippen LogP contribution in [0.3, 0.4) is 0 Å². The quantitative estimate of drug-likeness (QED) is 0.551. The molecule has 2 N–H and O–H groups in total. The molecular weight excluding hydrogens is 370 g/mol. The number of nitrogens with one attached hydrogen (secondary N) is 2. The molecule has 1 atom stereocenters. The van der Waals surface area contributed by atoms with Crippen molar-refractivity contribution in [1.29, 1.82) is 0 Å².